The largest absolute Gasteiger partial charge is 0.368 e. The molecule has 0 bridgehead atoms. The summed E-state index contributed by atoms with van der Waals surface area (Å²) < 4.78 is 0. The Balaban J connectivity index is 2.07. The quantitative estimate of drug-likeness (QED) is 0.218. The molecule has 0 aliphatic heterocycles. The van der Waals surface area contributed by atoms with E-state index < -0.39 is 59.9 Å². The molecule has 1 aromatic carbocycles. The number of nitrogens with one attached hydrogen (secondary N) is 2. The number of aromatic nitrogens is 1. The van der Waals surface area contributed by atoms with Crippen molar-refractivity contribution in [1.29, 1.82) is 0 Å². The molecule has 11 heteroatoms. The Morgan fingerprint density at radius 1 is 0.932 bits per heavy atom. The number of Topliss-reactive ketones (excluding diaryl/α,β-unsaturated/α-hetero) is 2. The molecule has 4 atom stereocenters. The van der Waals surface area contributed by atoms with Crippen LogP contribution in [0.4, 0.5) is 0 Å². The van der Waals surface area contributed by atoms with E-state index in [1.54, 1.807) is 55.7 Å². The summed E-state index contributed by atoms with van der Waals surface area (Å²) in [6, 6.07) is 10.4. The van der Waals surface area contributed by atoms with Crippen molar-refractivity contribution >= 4 is 35.2 Å². The van der Waals surface area contributed by atoms with Gasteiger partial charge in [-0.25, -0.2) is 0 Å². The standard InChI is InChI=1S/C33H45N5O6/c1-6-22(4)29(37-32(43)25(16-21(2)3)19-26(39)17-24-12-14-35-15-13-24)30(41)33(44)36-20-28(40)38(5)27(31(34)42)18-23-10-8-7-9-11-23/h7-15,21-22,25,27,29H,6,16-20H2,1-5H3,(H2,34,42)(H,36,44)(H,37,43). The lowest BCUT2D eigenvalue weighted by Gasteiger charge is -2.27. The van der Waals surface area contributed by atoms with Gasteiger partial charge in [-0.2, -0.15) is 0 Å². The molecule has 1 heterocycles. The molecule has 0 aliphatic rings. The van der Waals surface area contributed by atoms with E-state index in [1.165, 1.54) is 7.05 Å². The number of carbonyl (C=O) groups excluding carboxylic acids is 6. The second-order valence-corrected chi connectivity index (χ2v) is 11.6. The van der Waals surface area contributed by atoms with Gasteiger partial charge in [-0.05, 0) is 41.5 Å². The van der Waals surface area contributed by atoms with Crippen molar-refractivity contribution < 1.29 is 28.8 Å². The molecule has 0 fully saturated rings. The van der Waals surface area contributed by atoms with Crippen LogP contribution in [-0.4, -0.2) is 70.8 Å². The minimum Gasteiger partial charge on any atom is -0.368 e. The fourth-order valence-electron chi connectivity index (χ4n) is 4.85. The summed E-state index contributed by atoms with van der Waals surface area (Å²) in [7, 11) is 1.40. The molecule has 0 saturated heterocycles. The van der Waals surface area contributed by atoms with Crippen molar-refractivity contribution in [1.82, 2.24) is 20.5 Å². The van der Waals surface area contributed by atoms with E-state index >= 15 is 0 Å². The van der Waals surface area contributed by atoms with E-state index in [4.69, 9.17) is 5.73 Å². The zero-order valence-electron chi connectivity index (χ0n) is 26.2. The van der Waals surface area contributed by atoms with Gasteiger partial charge < -0.3 is 21.3 Å². The maximum absolute atomic E-state index is 13.4. The summed E-state index contributed by atoms with van der Waals surface area (Å²) >= 11 is 0. The molecule has 4 unspecified atom stereocenters. The van der Waals surface area contributed by atoms with Gasteiger partial charge in [-0.1, -0.05) is 64.4 Å². The highest BCUT2D eigenvalue weighted by atomic mass is 16.2. The number of hydrogen-bond donors (Lipinski definition) is 3. The number of ketones is 2. The van der Waals surface area contributed by atoms with Crippen LogP contribution in [0, 0.1) is 17.8 Å². The molecular weight excluding hydrogens is 562 g/mol. The van der Waals surface area contributed by atoms with Gasteiger partial charge in [-0.3, -0.25) is 33.8 Å². The van der Waals surface area contributed by atoms with Gasteiger partial charge in [0.05, 0.1) is 12.6 Å². The van der Waals surface area contributed by atoms with Gasteiger partial charge in [0.15, 0.2) is 0 Å². The zero-order valence-corrected chi connectivity index (χ0v) is 26.2. The van der Waals surface area contributed by atoms with Crippen molar-refractivity contribution in [2.24, 2.45) is 23.5 Å². The van der Waals surface area contributed by atoms with Crippen LogP contribution in [0.2, 0.25) is 0 Å². The average molecular weight is 608 g/mol. The second kappa shape index (κ2) is 17.6. The van der Waals surface area contributed by atoms with E-state index in [9.17, 15) is 28.8 Å². The average Bonchev–Trinajstić information content (AvgIpc) is 3.00. The van der Waals surface area contributed by atoms with Crippen molar-refractivity contribution in [3.05, 3.63) is 66.0 Å². The normalized spacial score (nSPS) is 13.7. The third kappa shape index (κ3) is 11.3. The Bertz CT molecular complexity index is 1280. The maximum Gasteiger partial charge on any atom is 0.290 e. The first kappa shape index (κ1) is 35.8. The van der Waals surface area contributed by atoms with E-state index in [-0.39, 0.29) is 31.0 Å². The molecule has 0 spiro atoms. The van der Waals surface area contributed by atoms with Crippen LogP contribution in [-0.2, 0) is 41.6 Å². The number of rotatable bonds is 18. The number of primary amides is 1. The highest BCUT2D eigenvalue weighted by Crippen LogP contribution is 2.19. The number of benzene rings is 1. The minimum atomic E-state index is -1.15. The van der Waals surface area contributed by atoms with E-state index in [2.05, 4.69) is 15.6 Å². The van der Waals surface area contributed by atoms with Crippen LogP contribution in [0.15, 0.2) is 54.9 Å². The van der Waals surface area contributed by atoms with Crippen molar-refractivity contribution in [2.45, 2.75) is 71.9 Å². The Kier molecular flexibility index (Phi) is 14.4. The minimum absolute atomic E-state index is 0.00913. The third-order valence-electron chi connectivity index (χ3n) is 7.63. The lowest BCUT2D eigenvalue weighted by Crippen LogP contribution is -2.54. The smallest absolute Gasteiger partial charge is 0.290 e. The number of hydrogen-bond acceptors (Lipinski definition) is 7. The fourth-order valence-corrected chi connectivity index (χ4v) is 4.85. The van der Waals surface area contributed by atoms with Crippen molar-refractivity contribution in [3.63, 3.8) is 0 Å². The van der Waals surface area contributed by atoms with Crippen LogP contribution in [0.3, 0.4) is 0 Å². The van der Waals surface area contributed by atoms with Gasteiger partial charge >= 0.3 is 0 Å². The van der Waals surface area contributed by atoms with E-state index in [1.807, 2.05) is 26.8 Å². The molecule has 0 saturated carbocycles. The highest BCUT2D eigenvalue weighted by molar-refractivity contribution is 6.38. The first-order valence-corrected chi connectivity index (χ1v) is 15.0. The second-order valence-electron chi connectivity index (χ2n) is 11.6. The first-order chi connectivity index (χ1) is 20.8. The molecule has 238 valence electrons. The third-order valence-corrected chi connectivity index (χ3v) is 7.63. The van der Waals surface area contributed by atoms with Gasteiger partial charge in [0, 0.05) is 44.6 Å². The molecular formula is C33H45N5O6. The molecule has 2 rings (SSSR count). The number of pyridine rings is 1. The number of carbonyl (C=O) groups is 6. The molecule has 11 nitrogen and oxygen atoms in total. The molecule has 4 amide bonds. The molecule has 4 N–H and O–H groups in total. The summed E-state index contributed by atoms with van der Waals surface area (Å²) in [5.74, 6) is -4.82. The SMILES string of the molecule is CCC(C)C(NC(=O)C(CC(=O)Cc1ccncc1)CC(C)C)C(=O)C(=O)NCC(=O)N(C)C(Cc1ccccc1)C(N)=O. The van der Waals surface area contributed by atoms with Crippen LogP contribution < -0.4 is 16.4 Å². The summed E-state index contributed by atoms with van der Waals surface area (Å²) in [4.78, 5) is 82.4. The van der Waals surface area contributed by atoms with Crippen LogP contribution in [0.1, 0.15) is 58.1 Å². The predicted molar refractivity (Wildman–Crippen MR) is 166 cm³/mol. The van der Waals surface area contributed by atoms with Crippen LogP contribution in [0.25, 0.3) is 0 Å². The fraction of sp³-hybridized carbons (Fsp3) is 0.485. The van der Waals surface area contributed by atoms with Crippen molar-refractivity contribution in [3.8, 4) is 0 Å². The maximum atomic E-state index is 13.4. The molecule has 44 heavy (non-hydrogen) atoms. The van der Waals surface area contributed by atoms with Gasteiger partial charge in [0.25, 0.3) is 5.91 Å². The highest BCUT2D eigenvalue weighted by Gasteiger charge is 2.34. The van der Waals surface area contributed by atoms with E-state index in [0.717, 1.165) is 16.0 Å². The van der Waals surface area contributed by atoms with Crippen LogP contribution >= 0.6 is 0 Å². The monoisotopic (exact) mass is 607 g/mol. The molecule has 0 radical (unpaired) electrons. The summed E-state index contributed by atoms with van der Waals surface area (Å²) in [5.41, 5.74) is 7.14. The topological polar surface area (TPSA) is 169 Å². The van der Waals surface area contributed by atoms with Gasteiger partial charge in [0.2, 0.25) is 23.5 Å². The summed E-state index contributed by atoms with van der Waals surface area (Å²) in [6.45, 7) is 6.90. The molecule has 1 aromatic heterocycles. The number of amides is 4. The first-order valence-electron chi connectivity index (χ1n) is 15.0. The van der Waals surface area contributed by atoms with Gasteiger partial charge in [-0.15, -0.1) is 0 Å². The molecule has 0 aliphatic carbocycles. The Morgan fingerprint density at radius 3 is 2.14 bits per heavy atom. The Morgan fingerprint density at radius 2 is 1.57 bits per heavy atom. The lowest BCUT2D eigenvalue weighted by molar-refractivity contribution is -0.143. The van der Waals surface area contributed by atoms with Gasteiger partial charge in [0.1, 0.15) is 11.8 Å². The summed E-state index contributed by atoms with van der Waals surface area (Å²) in [5, 5.41) is 5.06. The number of likely N-dealkylation sites (N-methyl/N-ethyl adjacent to an activating group) is 1. The molecule has 2 aromatic rings. The predicted octanol–water partition coefficient (Wildman–Crippen LogP) is 2.02. The van der Waals surface area contributed by atoms with E-state index in [0.29, 0.717) is 12.8 Å². The Labute approximate surface area is 259 Å². The summed E-state index contributed by atoms with van der Waals surface area (Å²) in [6.07, 6.45) is 4.45. The number of nitrogens with zero attached hydrogens (tertiary/aromatic N) is 2. The van der Waals surface area contributed by atoms with Crippen molar-refractivity contribution in [2.75, 3.05) is 13.6 Å². The number of nitrogens with two attached hydrogens (primary N) is 1. The Hall–Kier alpha value is -4.41. The lowest BCUT2D eigenvalue weighted by atomic mass is 9.88. The zero-order chi connectivity index (χ0) is 32.8. The van der Waals surface area contributed by atoms with Crippen LogP contribution in [0.5, 0.6) is 0 Å².